The van der Waals surface area contributed by atoms with Crippen LogP contribution in [0.3, 0.4) is 0 Å². The molecule has 42 heavy (non-hydrogen) atoms. The molecule has 0 aliphatic heterocycles. The largest absolute Gasteiger partial charge is 0.305 e. The minimum atomic E-state index is -1.41. The molecule has 3 aromatic carbocycles. The second-order valence-corrected chi connectivity index (χ2v) is 18.4. The van der Waals surface area contributed by atoms with Crippen molar-refractivity contribution in [1.29, 1.82) is 0 Å². The Morgan fingerprint density at radius 3 is 2.36 bits per heavy atom. The molecular formula is C37H36IrN2SSi-2. The quantitative estimate of drug-likeness (QED) is 0.129. The molecule has 6 aromatic rings. The predicted molar refractivity (Wildman–Crippen MR) is 179 cm³/mol. The van der Waals surface area contributed by atoms with Crippen LogP contribution in [0.5, 0.6) is 0 Å². The number of nitrogens with zero attached hydrogens (tertiary/aromatic N) is 2. The predicted octanol–water partition coefficient (Wildman–Crippen LogP) is 10.0. The van der Waals surface area contributed by atoms with Crippen LogP contribution in [0.4, 0.5) is 0 Å². The smallest absolute Gasteiger partial charge is 0.0783 e. The van der Waals surface area contributed by atoms with Crippen molar-refractivity contribution in [3.8, 4) is 22.5 Å². The maximum absolute atomic E-state index is 4.70. The average molecular weight is 761 g/mol. The molecule has 3 aromatic heterocycles. The molecule has 0 saturated heterocycles. The summed E-state index contributed by atoms with van der Waals surface area (Å²) in [5.74, 6) is 1.28. The van der Waals surface area contributed by atoms with E-state index in [-0.39, 0.29) is 20.1 Å². The van der Waals surface area contributed by atoms with E-state index in [1.165, 1.54) is 44.1 Å². The zero-order valence-electron chi connectivity index (χ0n) is 24.9. The zero-order valence-corrected chi connectivity index (χ0v) is 29.1. The Kier molecular flexibility index (Phi) is 9.24. The van der Waals surface area contributed by atoms with E-state index < -0.39 is 8.07 Å². The second kappa shape index (κ2) is 12.7. The minimum Gasteiger partial charge on any atom is -0.305 e. The fraction of sp³-hybridized carbons (Fsp3) is 0.243. The van der Waals surface area contributed by atoms with Gasteiger partial charge in [0, 0.05) is 37.2 Å². The Labute approximate surface area is 268 Å². The van der Waals surface area contributed by atoms with Gasteiger partial charge in [0.1, 0.15) is 0 Å². The number of pyridine rings is 2. The topological polar surface area (TPSA) is 25.8 Å². The van der Waals surface area contributed by atoms with E-state index in [0.717, 1.165) is 28.4 Å². The van der Waals surface area contributed by atoms with Gasteiger partial charge >= 0.3 is 0 Å². The average Bonchev–Trinajstić information content (AvgIpc) is 3.77. The molecule has 0 amide bonds. The third kappa shape index (κ3) is 6.50. The minimum absolute atomic E-state index is 0. The van der Waals surface area contributed by atoms with Crippen LogP contribution >= 0.6 is 11.3 Å². The van der Waals surface area contributed by atoms with E-state index >= 15 is 0 Å². The van der Waals surface area contributed by atoms with Crippen LogP contribution < -0.4 is 5.19 Å². The fourth-order valence-electron chi connectivity index (χ4n) is 5.32. The standard InChI is InChI=1S/C23H22NSSi.C14H14N.Ir/c1-26(2,3)21-9-5-8-20-22(21)18-7-4-6-17(23(18)25-20)19-14-16(12-13-24-19)15-10-11-15;1-11(2)13-8-9-14(15-10-13)12-6-4-3-5-7-12;/h4-5,7-9,12-15H,10-11H2,1-3H3;3-6,8-11H,1-2H3;/q2*-1;. The van der Waals surface area contributed by atoms with Crippen molar-refractivity contribution in [2.24, 2.45) is 0 Å². The van der Waals surface area contributed by atoms with Gasteiger partial charge in [-0.1, -0.05) is 80.0 Å². The summed E-state index contributed by atoms with van der Waals surface area (Å²) in [7, 11) is -1.41. The van der Waals surface area contributed by atoms with Gasteiger partial charge in [0.15, 0.2) is 0 Å². The molecule has 2 nitrogen and oxygen atoms in total. The summed E-state index contributed by atoms with van der Waals surface area (Å²) in [6, 6.07) is 34.4. The molecule has 215 valence electrons. The number of hydrogen-bond donors (Lipinski definition) is 0. The van der Waals surface area contributed by atoms with Crippen molar-refractivity contribution in [1.82, 2.24) is 9.97 Å². The molecule has 3 heterocycles. The molecule has 7 rings (SSSR count). The van der Waals surface area contributed by atoms with Crippen LogP contribution in [0.15, 0.2) is 91.3 Å². The zero-order chi connectivity index (χ0) is 28.6. The van der Waals surface area contributed by atoms with E-state index in [9.17, 15) is 0 Å². The summed E-state index contributed by atoms with van der Waals surface area (Å²) in [5.41, 5.74) is 6.97. The van der Waals surface area contributed by atoms with Crippen LogP contribution in [-0.4, -0.2) is 18.0 Å². The number of thiophene rings is 1. The van der Waals surface area contributed by atoms with Gasteiger partial charge in [0.2, 0.25) is 0 Å². The van der Waals surface area contributed by atoms with Gasteiger partial charge in [-0.3, -0.25) is 0 Å². The number of benzene rings is 3. The van der Waals surface area contributed by atoms with Crippen molar-refractivity contribution in [3.05, 3.63) is 115 Å². The first-order valence-corrected chi connectivity index (χ1v) is 18.9. The molecule has 0 bridgehead atoms. The molecule has 1 aliphatic carbocycles. The summed E-state index contributed by atoms with van der Waals surface area (Å²) in [5, 5.41) is 4.38. The molecule has 1 aliphatic rings. The number of rotatable bonds is 5. The third-order valence-electron chi connectivity index (χ3n) is 7.79. The van der Waals surface area contributed by atoms with Gasteiger partial charge in [0.25, 0.3) is 0 Å². The van der Waals surface area contributed by atoms with Crippen molar-refractivity contribution >= 4 is 44.8 Å². The third-order valence-corrected chi connectivity index (χ3v) is 11.0. The van der Waals surface area contributed by atoms with E-state index in [1.54, 1.807) is 5.19 Å². The molecule has 1 fully saturated rings. The van der Waals surface area contributed by atoms with E-state index in [1.807, 2.05) is 48.0 Å². The Hall–Kier alpha value is -2.95. The summed E-state index contributed by atoms with van der Waals surface area (Å²) in [6.45, 7) is 11.6. The molecule has 0 unspecified atom stereocenters. The Morgan fingerprint density at radius 1 is 0.857 bits per heavy atom. The fourth-order valence-corrected chi connectivity index (χ4v) is 8.26. The van der Waals surface area contributed by atoms with Crippen LogP contribution in [0.1, 0.15) is 49.7 Å². The van der Waals surface area contributed by atoms with Crippen LogP contribution in [0, 0.1) is 12.1 Å². The number of hydrogen-bond acceptors (Lipinski definition) is 3. The summed E-state index contributed by atoms with van der Waals surface area (Å²) in [6.07, 6.45) is 6.55. The van der Waals surface area contributed by atoms with Gasteiger partial charge < -0.3 is 9.97 Å². The number of fused-ring (bicyclic) bond motifs is 3. The normalized spacial score (nSPS) is 13.1. The van der Waals surface area contributed by atoms with Gasteiger partial charge in [-0.2, -0.15) is 11.3 Å². The molecule has 5 heteroatoms. The van der Waals surface area contributed by atoms with Crippen molar-refractivity contribution < 1.29 is 20.1 Å². The molecular weight excluding hydrogens is 725 g/mol. The van der Waals surface area contributed by atoms with E-state index in [0.29, 0.717) is 5.92 Å². The van der Waals surface area contributed by atoms with E-state index in [4.69, 9.17) is 4.98 Å². The van der Waals surface area contributed by atoms with Crippen molar-refractivity contribution in [3.63, 3.8) is 0 Å². The summed E-state index contributed by atoms with van der Waals surface area (Å²) >= 11 is 1.89. The van der Waals surface area contributed by atoms with E-state index in [2.05, 4.69) is 105 Å². The monoisotopic (exact) mass is 761 g/mol. The maximum atomic E-state index is 4.70. The van der Waals surface area contributed by atoms with Crippen molar-refractivity contribution in [2.75, 3.05) is 0 Å². The first-order valence-electron chi connectivity index (χ1n) is 14.6. The summed E-state index contributed by atoms with van der Waals surface area (Å²) < 4.78 is 2.72. The van der Waals surface area contributed by atoms with Crippen molar-refractivity contribution in [2.45, 2.75) is 58.2 Å². The van der Waals surface area contributed by atoms with Gasteiger partial charge in [0.05, 0.1) is 8.07 Å². The molecule has 1 saturated carbocycles. The van der Waals surface area contributed by atoms with Gasteiger partial charge in [-0.15, -0.1) is 59.7 Å². The van der Waals surface area contributed by atoms with Gasteiger partial charge in [-0.05, 0) is 63.8 Å². The second-order valence-electron chi connectivity index (χ2n) is 12.3. The molecule has 0 spiro atoms. The first-order chi connectivity index (χ1) is 19.8. The SMILES string of the molecule is CC(C)c1ccc(-c2[c-]cccc2)nc1.C[Si](C)(C)c1cccc2sc3c(-c4cc(C5CC5)ccn4)[c-]ccc3c12.[Ir]. The Morgan fingerprint density at radius 2 is 1.69 bits per heavy atom. The molecule has 0 atom stereocenters. The van der Waals surface area contributed by atoms with Crippen LogP contribution in [0.2, 0.25) is 19.6 Å². The molecule has 0 N–H and O–H groups in total. The Balaban J connectivity index is 0.000000189. The Bertz CT molecular complexity index is 1800. The van der Waals surface area contributed by atoms with Gasteiger partial charge in [-0.25, -0.2) is 0 Å². The summed E-state index contributed by atoms with van der Waals surface area (Å²) in [4.78, 5) is 9.13. The molecule has 1 radical (unpaired) electrons. The first kappa shape index (κ1) is 30.5. The number of aromatic nitrogens is 2. The van der Waals surface area contributed by atoms with Crippen LogP contribution in [-0.2, 0) is 20.1 Å². The van der Waals surface area contributed by atoms with Crippen LogP contribution in [0.25, 0.3) is 42.7 Å². The maximum Gasteiger partial charge on any atom is 0.0783 e.